The fourth-order valence-corrected chi connectivity index (χ4v) is 2.90. The van der Waals surface area contributed by atoms with Gasteiger partial charge in [-0.05, 0) is 44.2 Å². The Kier molecular flexibility index (Phi) is 5.05. The number of nitrogens with zero attached hydrogens (tertiary/aromatic N) is 3. The molecule has 0 saturated carbocycles. The van der Waals surface area contributed by atoms with Crippen LogP contribution in [0.3, 0.4) is 0 Å². The fraction of sp³-hybridized carbons (Fsp3) is 0.389. The number of carbonyl (C=O) groups is 1. The van der Waals surface area contributed by atoms with Crippen LogP contribution in [0.15, 0.2) is 30.3 Å². The van der Waals surface area contributed by atoms with Gasteiger partial charge in [-0.15, -0.1) is 0 Å². The summed E-state index contributed by atoms with van der Waals surface area (Å²) in [6.07, 6.45) is 0. The van der Waals surface area contributed by atoms with Gasteiger partial charge in [0, 0.05) is 43.1 Å². The van der Waals surface area contributed by atoms with Crippen molar-refractivity contribution in [3.63, 3.8) is 0 Å². The Morgan fingerprint density at radius 2 is 1.88 bits per heavy atom. The highest BCUT2D eigenvalue weighted by atomic mass is 16.1. The Bertz CT molecular complexity index is 688. The smallest absolute Gasteiger partial charge is 0.251 e. The van der Waals surface area contributed by atoms with Crippen molar-refractivity contribution >= 4 is 11.6 Å². The van der Waals surface area contributed by atoms with E-state index >= 15 is 0 Å². The molecule has 0 unspecified atom stereocenters. The number of aromatic nitrogens is 2. The highest BCUT2D eigenvalue weighted by Crippen LogP contribution is 2.15. The molecule has 1 aliphatic rings. The third-order valence-corrected chi connectivity index (χ3v) is 4.06. The zero-order valence-corrected chi connectivity index (χ0v) is 14.2. The van der Waals surface area contributed by atoms with Crippen LogP contribution >= 0.6 is 0 Å². The summed E-state index contributed by atoms with van der Waals surface area (Å²) in [7, 11) is 0. The molecule has 1 saturated heterocycles. The van der Waals surface area contributed by atoms with Crippen molar-refractivity contribution < 1.29 is 4.79 Å². The first-order valence-electron chi connectivity index (χ1n) is 8.27. The maximum atomic E-state index is 12.3. The molecule has 2 aromatic rings. The second-order valence-corrected chi connectivity index (χ2v) is 6.01. The second kappa shape index (κ2) is 7.40. The van der Waals surface area contributed by atoms with E-state index in [1.165, 1.54) is 0 Å². The number of hydrogen-bond donors (Lipinski definition) is 2. The summed E-state index contributed by atoms with van der Waals surface area (Å²) < 4.78 is 0. The van der Waals surface area contributed by atoms with Gasteiger partial charge >= 0.3 is 0 Å². The molecule has 0 radical (unpaired) electrons. The van der Waals surface area contributed by atoms with Crippen molar-refractivity contribution in [3.8, 4) is 0 Å². The van der Waals surface area contributed by atoms with Gasteiger partial charge in [-0.2, -0.15) is 0 Å². The van der Waals surface area contributed by atoms with E-state index in [1.807, 2.05) is 44.2 Å². The minimum Gasteiger partial charge on any atom is -0.369 e. The first-order chi connectivity index (χ1) is 11.6. The third kappa shape index (κ3) is 4.08. The van der Waals surface area contributed by atoms with Crippen molar-refractivity contribution in [1.82, 2.24) is 20.6 Å². The lowest BCUT2D eigenvalue weighted by atomic mass is 10.1. The Hall–Kier alpha value is -2.47. The minimum absolute atomic E-state index is 0.0872. The second-order valence-electron chi connectivity index (χ2n) is 6.01. The third-order valence-electron chi connectivity index (χ3n) is 4.06. The Balaban J connectivity index is 1.60. The molecule has 1 aromatic carbocycles. The lowest BCUT2D eigenvalue weighted by Crippen LogP contribution is -2.43. The van der Waals surface area contributed by atoms with E-state index in [-0.39, 0.29) is 5.91 Å². The molecule has 2 heterocycles. The number of carbonyl (C=O) groups excluding carboxylic acids is 1. The van der Waals surface area contributed by atoms with Crippen LogP contribution in [0.25, 0.3) is 0 Å². The number of benzene rings is 1. The number of piperazine rings is 1. The van der Waals surface area contributed by atoms with Crippen molar-refractivity contribution in [2.24, 2.45) is 0 Å². The van der Waals surface area contributed by atoms with Crippen LogP contribution in [0, 0.1) is 13.8 Å². The standard InChI is InChI=1S/C18H23N5O/c1-13-11-16(22-14(2)21-13)12-20-18(24)15-3-5-17(6-4-15)23-9-7-19-8-10-23/h3-6,11,19H,7-10,12H2,1-2H3,(H,20,24). The van der Waals surface area contributed by atoms with E-state index in [2.05, 4.69) is 25.5 Å². The summed E-state index contributed by atoms with van der Waals surface area (Å²) in [5.41, 5.74) is 3.56. The van der Waals surface area contributed by atoms with Gasteiger partial charge in [0.2, 0.25) is 0 Å². The largest absolute Gasteiger partial charge is 0.369 e. The molecular weight excluding hydrogens is 302 g/mol. The quantitative estimate of drug-likeness (QED) is 0.890. The first kappa shape index (κ1) is 16.4. The zero-order valence-electron chi connectivity index (χ0n) is 14.2. The first-order valence-corrected chi connectivity index (χ1v) is 8.27. The average molecular weight is 325 g/mol. The number of aryl methyl sites for hydroxylation is 2. The molecule has 6 heteroatoms. The van der Waals surface area contributed by atoms with Crippen LogP contribution < -0.4 is 15.5 Å². The molecule has 1 aliphatic heterocycles. The molecule has 126 valence electrons. The highest BCUT2D eigenvalue weighted by Gasteiger charge is 2.11. The van der Waals surface area contributed by atoms with Crippen molar-refractivity contribution in [2.75, 3.05) is 31.1 Å². The Labute approximate surface area is 142 Å². The van der Waals surface area contributed by atoms with E-state index in [9.17, 15) is 4.79 Å². The van der Waals surface area contributed by atoms with Gasteiger partial charge in [0.1, 0.15) is 5.82 Å². The molecule has 0 spiro atoms. The van der Waals surface area contributed by atoms with Gasteiger partial charge in [-0.1, -0.05) is 0 Å². The molecule has 0 bridgehead atoms. The molecule has 1 amide bonds. The molecule has 3 rings (SSSR count). The monoisotopic (exact) mass is 325 g/mol. The highest BCUT2D eigenvalue weighted by molar-refractivity contribution is 5.94. The van der Waals surface area contributed by atoms with Crippen molar-refractivity contribution in [1.29, 1.82) is 0 Å². The Morgan fingerprint density at radius 1 is 1.17 bits per heavy atom. The van der Waals surface area contributed by atoms with Gasteiger partial charge in [-0.3, -0.25) is 4.79 Å². The van der Waals surface area contributed by atoms with E-state index in [0.29, 0.717) is 12.1 Å². The lowest BCUT2D eigenvalue weighted by molar-refractivity contribution is 0.0950. The van der Waals surface area contributed by atoms with E-state index in [1.54, 1.807) is 0 Å². The number of nitrogens with one attached hydrogen (secondary N) is 2. The Morgan fingerprint density at radius 3 is 2.54 bits per heavy atom. The topological polar surface area (TPSA) is 70.2 Å². The number of hydrogen-bond acceptors (Lipinski definition) is 5. The van der Waals surface area contributed by atoms with Gasteiger partial charge in [-0.25, -0.2) is 9.97 Å². The predicted octanol–water partition coefficient (Wildman–Crippen LogP) is 1.43. The van der Waals surface area contributed by atoms with Gasteiger partial charge in [0.25, 0.3) is 5.91 Å². The molecule has 1 fully saturated rings. The maximum absolute atomic E-state index is 12.3. The number of amides is 1. The van der Waals surface area contributed by atoms with Gasteiger partial charge in [0.05, 0.1) is 12.2 Å². The SMILES string of the molecule is Cc1cc(CNC(=O)c2ccc(N3CCNCC3)cc2)nc(C)n1. The molecule has 2 N–H and O–H groups in total. The summed E-state index contributed by atoms with van der Waals surface area (Å²) in [4.78, 5) is 23.2. The summed E-state index contributed by atoms with van der Waals surface area (Å²) in [5, 5.41) is 6.25. The van der Waals surface area contributed by atoms with Crippen LogP contribution in [0.4, 0.5) is 5.69 Å². The average Bonchev–Trinajstić information content (AvgIpc) is 2.60. The van der Waals surface area contributed by atoms with Crippen LogP contribution in [0.2, 0.25) is 0 Å². The summed E-state index contributed by atoms with van der Waals surface area (Å²) >= 11 is 0. The molecule has 0 aliphatic carbocycles. The van der Waals surface area contributed by atoms with Gasteiger partial charge in [0.15, 0.2) is 0 Å². The zero-order chi connectivity index (χ0) is 16.9. The van der Waals surface area contributed by atoms with E-state index in [4.69, 9.17) is 0 Å². The molecule has 6 nitrogen and oxygen atoms in total. The predicted molar refractivity (Wildman–Crippen MR) is 94.2 cm³/mol. The molecule has 1 aromatic heterocycles. The van der Waals surface area contributed by atoms with Crippen LogP contribution in [-0.4, -0.2) is 42.1 Å². The van der Waals surface area contributed by atoms with E-state index in [0.717, 1.165) is 49.1 Å². The summed E-state index contributed by atoms with van der Waals surface area (Å²) in [6, 6.07) is 9.67. The van der Waals surface area contributed by atoms with Crippen LogP contribution in [0.5, 0.6) is 0 Å². The molecule has 24 heavy (non-hydrogen) atoms. The van der Waals surface area contributed by atoms with E-state index < -0.39 is 0 Å². The minimum atomic E-state index is -0.0872. The van der Waals surface area contributed by atoms with Crippen LogP contribution in [-0.2, 0) is 6.54 Å². The summed E-state index contributed by atoms with van der Waals surface area (Å²) in [6.45, 7) is 8.18. The van der Waals surface area contributed by atoms with Crippen molar-refractivity contribution in [3.05, 3.63) is 53.1 Å². The number of anilines is 1. The maximum Gasteiger partial charge on any atom is 0.251 e. The molecule has 0 atom stereocenters. The molecular formula is C18H23N5O. The number of rotatable bonds is 4. The van der Waals surface area contributed by atoms with Gasteiger partial charge < -0.3 is 15.5 Å². The van der Waals surface area contributed by atoms with Crippen molar-refractivity contribution in [2.45, 2.75) is 20.4 Å². The fourth-order valence-electron chi connectivity index (χ4n) is 2.90. The normalized spacial score (nSPS) is 14.5. The summed E-state index contributed by atoms with van der Waals surface area (Å²) in [5.74, 6) is 0.635. The lowest BCUT2D eigenvalue weighted by Gasteiger charge is -2.29. The van der Waals surface area contributed by atoms with Crippen LogP contribution in [0.1, 0.15) is 27.6 Å².